The predicted octanol–water partition coefficient (Wildman–Crippen LogP) is 7.82. The minimum Gasteiger partial charge on any atom is -0.406 e. The first kappa shape index (κ1) is 31.1. The zero-order valence-corrected chi connectivity index (χ0v) is 25.8. The molecule has 1 aromatic heterocycles. The van der Waals surface area contributed by atoms with Gasteiger partial charge in [0, 0.05) is 23.5 Å². The van der Waals surface area contributed by atoms with E-state index in [1.165, 1.54) is 40.8 Å². The smallest absolute Gasteiger partial charge is 0.406 e. The molecule has 1 saturated heterocycles. The fourth-order valence-electron chi connectivity index (χ4n) is 4.90. The second-order valence-corrected chi connectivity index (χ2v) is 12.4. The lowest BCUT2D eigenvalue weighted by molar-refractivity contribution is -0.274. The first-order chi connectivity index (χ1) is 20.8. The Bertz CT molecular complexity index is 1660. The average molecular weight is 623 g/mol. The molecule has 1 fully saturated rings. The summed E-state index contributed by atoms with van der Waals surface area (Å²) in [6, 6.07) is 18.9. The first-order valence-electron chi connectivity index (χ1n) is 14.1. The number of aryl methyl sites for hydroxylation is 1. The van der Waals surface area contributed by atoms with E-state index in [2.05, 4.69) is 69.0 Å². The van der Waals surface area contributed by atoms with Gasteiger partial charge in [0.05, 0.1) is 11.2 Å². The predicted molar refractivity (Wildman–Crippen MR) is 168 cm³/mol. The molecule has 0 aliphatic carbocycles. The molecule has 0 unspecified atom stereocenters. The maximum atomic E-state index is 13.1. The number of aliphatic imine (C=N–C) groups is 1. The summed E-state index contributed by atoms with van der Waals surface area (Å²) in [5.41, 5.74) is 4.89. The minimum absolute atomic E-state index is 0.316. The molecule has 0 saturated carbocycles. The van der Waals surface area contributed by atoms with Crippen molar-refractivity contribution in [3.8, 4) is 22.8 Å². The number of alkyl halides is 3. The molecule has 0 atom stereocenters. The van der Waals surface area contributed by atoms with Crippen LogP contribution in [0.15, 0.2) is 78.0 Å². The third-order valence-corrected chi connectivity index (χ3v) is 8.14. The zero-order valence-electron chi connectivity index (χ0n) is 25.0. The molecule has 4 aromatic rings. The van der Waals surface area contributed by atoms with Crippen molar-refractivity contribution in [3.05, 3.63) is 89.7 Å². The fourth-order valence-corrected chi connectivity index (χ4v) is 5.85. The lowest BCUT2D eigenvalue weighted by Gasteiger charge is -2.27. The molecule has 0 bridgehead atoms. The van der Waals surface area contributed by atoms with Crippen LogP contribution < -0.4 is 15.0 Å². The minimum atomic E-state index is -4.76. The van der Waals surface area contributed by atoms with Crippen LogP contribution in [0.2, 0.25) is 0 Å². The molecule has 2 amide bonds. The van der Waals surface area contributed by atoms with Crippen molar-refractivity contribution in [1.82, 2.24) is 20.1 Å². The van der Waals surface area contributed by atoms with Gasteiger partial charge in [-0.25, -0.2) is 14.5 Å². The second kappa shape index (κ2) is 12.4. The third-order valence-electron chi connectivity index (χ3n) is 7.18. The number of amidine groups is 1. The van der Waals surface area contributed by atoms with Crippen LogP contribution >= 0.6 is 11.8 Å². The number of carbonyl (C=O) groups is 1. The molecule has 3 aromatic carbocycles. The highest BCUT2D eigenvalue weighted by molar-refractivity contribution is 8.14. The number of hydrogen-bond donors (Lipinski definition) is 1. The van der Waals surface area contributed by atoms with Crippen molar-refractivity contribution in [2.45, 2.75) is 52.4 Å². The summed E-state index contributed by atoms with van der Waals surface area (Å²) < 4.78 is 42.7. The third kappa shape index (κ3) is 7.24. The number of anilines is 1. The van der Waals surface area contributed by atoms with Gasteiger partial charge >= 0.3 is 12.4 Å². The highest BCUT2D eigenvalue weighted by Crippen LogP contribution is 2.34. The number of nitrogens with one attached hydrogen (secondary N) is 1. The van der Waals surface area contributed by atoms with Gasteiger partial charge in [-0.2, -0.15) is 4.99 Å². The van der Waals surface area contributed by atoms with E-state index in [-0.39, 0.29) is 5.75 Å². The highest BCUT2D eigenvalue weighted by atomic mass is 32.2. The van der Waals surface area contributed by atoms with Crippen molar-refractivity contribution >= 4 is 28.6 Å². The van der Waals surface area contributed by atoms with Gasteiger partial charge in [-0.15, -0.1) is 18.3 Å². The van der Waals surface area contributed by atoms with Crippen LogP contribution in [-0.4, -0.2) is 44.6 Å². The van der Waals surface area contributed by atoms with Gasteiger partial charge in [-0.05, 0) is 73.7 Å². The molecule has 2 heterocycles. The summed E-state index contributed by atoms with van der Waals surface area (Å²) in [7, 11) is 0. The van der Waals surface area contributed by atoms with E-state index in [0.717, 1.165) is 34.7 Å². The van der Waals surface area contributed by atoms with E-state index in [1.54, 1.807) is 11.8 Å². The normalized spacial score (nSPS) is 14.8. The van der Waals surface area contributed by atoms with E-state index < -0.39 is 17.9 Å². The summed E-state index contributed by atoms with van der Waals surface area (Å²) in [6.07, 6.45) is -3.27. The Kier molecular flexibility index (Phi) is 8.73. The van der Waals surface area contributed by atoms with Crippen molar-refractivity contribution in [1.29, 1.82) is 0 Å². The number of carbonyl (C=O) groups excluding carboxylic acids is 1. The number of rotatable bonds is 7. The SMILES string of the molecule is Cc1ccc(C(C)C)c(N2CCSC2=NC(=O)NC(C)(C)c2ccc(-c3ncn(-c4ccc(OC(F)(F)F)cc4)n3)cc2)c1. The van der Waals surface area contributed by atoms with E-state index in [4.69, 9.17) is 0 Å². The topological polar surface area (TPSA) is 84.6 Å². The van der Waals surface area contributed by atoms with Gasteiger partial charge in [-0.1, -0.05) is 62.0 Å². The van der Waals surface area contributed by atoms with Crippen molar-refractivity contribution in [2.75, 3.05) is 17.2 Å². The molecule has 1 aliphatic heterocycles. The molecular weight excluding hydrogens is 589 g/mol. The lowest BCUT2D eigenvalue weighted by atomic mass is 9.93. The molecule has 1 aliphatic rings. The number of urea groups is 1. The molecule has 1 N–H and O–H groups in total. The number of benzene rings is 3. The Hall–Kier alpha value is -4.32. The van der Waals surface area contributed by atoms with Crippen LogP contribution in [-0.2, 0) is 5.54 Å². The van der Waals surface area contributed by atoms with Gasteiger partial charge in [0.2, 0.25) is 0 Å². The lowest BCUT2D eigenvalue weighted by Crippen LogP contribution is -2.40. The van der Waals surface area contributed by atoms with Crippen LogP contribution in [0.5, 0.6) is 5.75 Å². The molecule has 8 nitrogen and oxygen atoms in total. The van der Waals surface area contributed by atoms with Crippen LogP contribution in [0.4, 0.5) is 23.7 Å². The highest BCUT2D eigenvalue weighted by Gasteiger charge is 2.31. The van der Waals surface area contributed by atoms with E-state index in [0.29, 0.717) is 22.6 Å². The van der Waals surface area contributed by atoms with Gasteiger partial charge in [-0.3, -0.25) is 0 Å². The quantitative estimate of drug-likeness (QED) is 0.226. The molecule has 12 heteroatoms. The Morgan fingerprint density at radius 1 is 1.05 bits per heavy atom. The fraction of sp³-hybridized carbons (Fsp3) is 0.312. The largest absolute Gasteiger partial charge is 0.573 e. The maximum absolute atomic E-state index is 13.1. The number of ether oxygens (including phenoxy) is 1. The number of hydrogen-bond acceptors (Lipinski definition) is 5. The second-order valence-electron chi connectivity index (χ2n) is 11.3. The van der Waals surface area contributed by atoms with Gasteiger partial charge in [0.15, 0.2) is 11.0 Å². The van der Waals surface area contributed by atoms with Gasteiger partial charge in [0.25, 0.3) is 0 Å². The number of nitrogens with zero attached hydrogens (tertiary/aromatic N) is 5. The summed E-state index contributed by atoms with van der Waals surface area (Å²) >= 11 is 1.57. The Morgan fingerprint density at radius 2 is 1.75 bits per heavy atom. The van der Waals surface area contributed by atoms with Crippen LogP contribution in [0.3, 0.4) is 0 Å². The van der Waals surface area contributed by atoms with Crippen LogP contribution in [0.1, 0.15) is 50.3 Å². The first-order valence-corrected chi connectivity index (χ1v) is 15.1. The molecule has 5 rings (SSSR count). The molecular formula is C32H33F3N6O2S. The van der Waals surface area contributed by atoms with E-state index in [1.807, 2.05) is 38.1 Å². The maximum Gasteiger partial charge on any atom is 0.573 e. The van der Waals surface area contributed by atoms with Gasteiger partial charge in [0.1, 0.15) is 12.1 Å². The Labute approximate surface area is 258 Å². The van der Waals surface area contributed by atoms with E-state index in [9.17, 15) is 18.0 Å². The summed E-state index contributed by atoms with van der Waals surface area (Å²) in [4.78, 5) is 24.1. The number of thioether (sulfide) groups is 1. The zero-order chi connectivity index (χ0) is 31.6. The van der Waals surface area contributed by atoms with Crippen molar-refractivity contribution < 1.29 is 22.7 Å². The Morgan fingerprint density at radius 3 is 2.41 bits per heavy atom. The molecule has 0 radical (unpaired) electrons. The molecule has 44 heavy (non-hydrogen) atoms. The number of aromatic nitrogens is 3. The summed E-state index contributed by atoms with van der Waals surface area (Å²) in [5.74, 6) is 1.31. The van der Waals surface area contributed by atoms with E-state index >= 15 is 0 Å². The number of halogens is 3. The van der Waals surface area contributed by atoms with Crippen LogP contribution in [0.25, 0.3) is 17.1 Å². The van der Waals surface area contributed by atoms with Crippen molar-refractivity contribution in [2.24, 2.45) is 4.99 Å². The molecule has 0 spiro atoms. The average Bonchev–Trinajstić information content (AvgIpc) is 3.62. The van der Waals surface area contributed by atoms with Gasteiger partial charge < -0.3 is 15.0 Å². The monoisotopic (exact) mass is 622 g/mol. The summed E-state index contributed by atoms with van der Waals surface area (Å²) in [6.45, 7) is 11.0. The summed E-state index contributed by atoms with van der Waals surface area (Å²) in [5, 5.41) is 8.18. The number of amides is 2. The van der Waals surface area contributed by atoms with Crippen LogP contribution in [0, 0.1) is 6.92 Å². The standard InChI is InChI=1S/C32H33F3N6O2S/c1-20(2)26-15-6-21(3)18-27(26)40-16-17-44-30(40)37-29(42)38-31(4,5)23-9-7-22(8-10-23)28-36-19-41(39-28)24-11-13-25(14-12-24)43-32(33,34)35/h6-15,18-20H,16-17H2,1-5H3,(H,38,42). The Balaban J connectivity index is 1.27. The van der Waals surface area contributed by atoms with Crippen molar-refractivity contribution in [3.63, 3.8) is 0 Å². The molecule has 230 valence electrons.